The van der Waals surface area contributed by atoms with Gasteiger partial charge in [-0.25, -0.2) is 0 Å². The van der Waals surface area contributed by atoms with Crippen LogP contribution in [0.2, 0.25) is 0 Å². The predicted octanol–water partition coefficient (Wildman–Crippen LogP) is 3.28. The number of benzene rings is 1. The minimum atomic E-state index is 0.0475. The van der Waals surface area contributed by atoms with Gasteiger partial charge in [0, 0.05) is 4.47 Å². The summed E-state index contributed by atoms with van der Waals surface area (Å²) in [5, 5.41) is 19.9. The predicted molar refractivity (Wildman–Crippen MR) is 72.9 cm³/mol. The van der Waals surface area contributed by atoms with Gasteiger partial charge >= 0.3 is 0 Å². The molecule has 1 unspecified atom stereocenters. The summed E-state index contributed by atoms with van der Waals surface area (Å²) >= 11 is 3.44. The van der Waals surface area contributed by atoms with Crippen LogP contribution >= 0.6 is 15.9 Å². The van der Waals surface area contributed by atoms with Crippen molar-refractivity contribution in [1.29, 1.82) is 5.26 Å². The van der Waals surface area contributed by atoms with Gasteiger partial charge in [-0.1, -0.05) is 28.1 Å². The fourth-order valence-electron chi connectivity index (χ4n) is 1.59. The number of hydrogen-bond donors (Lipinski definition) is 1. The molecule has 0 spiro atoms. The van der Waals surface area contributed by atoms with Crippen LogP contribution in [0, 0.1) is 11.3 Å². The van der Waals surface area contributed by atoms with E-state index in [9.17, 15) is 0 Å². The van der Waals surface area contributed by atoms with Crippen molar-refractivity contribution in [3.8, 4) is 6.07 Å². The standard InChI is InChI=1S/C13H11BrN4/c1-9(10-3-2-4-12(14)7-10)17-13-11(8-15)5-6-16-18-13/h2-7,9H,1H3,(H,17,18). The Morgan fingerprint density at radius 3 is 2.94 bits per heavy atom. The molecule has 0 fully saturated rings. The minimum Gasteiger partial charge on any atom is -0.361 e. The van der Waals surface area contributed by atoms with Crippen LogP contribution in [0.25, 0.3) is 0 Å². The van der Waals surface area contributed by atoms with Crippen LogP contribution in [0.1, 0.15) is 24.1 Å². The van der Waals surface area contributed by atoms with Crippen LogP contribution in [0.3, 0.4) is 0 Å². The molecule has 2 aromatic rings. The summed E-state index contributed by atoms with van der Waals surface area (Å²) < 4.78 is 1.02. The van der Waals surface area contributed by atoms with Crippen molar-refractivity contribution >= 4 is 21.7 Å². The number of halogens is 1. The number of nitrogens with one attached hydrogen (secondary N) is 1. The van der Waals surface area contributed by atoms with Crippen LogP contribution in [-0.2, 0) is 0 Å². The molecule has 18 heavy (non-hydrogen) atoms. The summed E-state index contributed by atoms with van der Waals surface area (Å²) in [6.07, 6.45) is 1.51. The molecule has 1 aromatic carbocycles. The first kappa shape index (κ1) is 12.5. The molecule has 2 rings (SSSR count). The Hall–Kier alpha value is -1.93. The van der Waals surface area contributed by atoms with Crippen LogP contribution in [-0.4, -0.2) is 10.2 Å². The number of hydrogen-bond acceptors (Lipinski definition) is 4. The molecule has 0 saturated carbocycles. The lowest BCUT2D eigenvalue weighted by Crippen LogP contribution is -2.09. The maximum Gasteiger partial charge on any atom is 0.167 e. The summed E-state index contributed by atoms with van der Waals surface area (Å²) in [6.45, 7) is 2.01. The SMILES string of the molecule is CC(Nc1nnccc1C#N)c1cccc(Br)c1. The van der Waals surface area contributed by atoms with Gasteiger partial charge in [-0.2, -0.15) is 10.4 Å². The first-order valence-corrected chi connectivity index (χ1v) is 6.24. The van der Waals surface area contributed by atoms with Gasteiger partial charge in [0.1, 0.15) is 6.07 Å². The van der Waals surface area contributed by atoms with E-state index in [2.05, 4.69) is 37.5 Å². The van der Waals surface area contributed by atoms with Gasteiger partial charge in [-0.05, 0) is 30.7 Å². The smallest absolute Gasteiger partial charge is 0.167 e. The van der Waals surface area contributed by atoms with E-state index in [1.807, 2.05) is 31.2 Å². The van der Waals surface area contributed by atoms with E-state index in [0.717, 1.165) is 10.0 Å². The fourth-order valence-corrected chi connectivity index (χ4v) is 2.01. The molecular weight excluding hydrogens is 292 g/mol. The Balaban J connectivity index is 2.22. The van der Waals surface area contributed by atoms with Gasteiger partial charge in [-0.3, -0.25) is 0 Å². The third-order valence-electron chi connectivity index (χ3n) is 2.54. The fraction of sp³-hybridized carbons (Fsp3) is 0.154. The van der Waals surface area contributed by atoms with Crippen molar-refractivity contribution in [2.24, 2.45) is 0 Å². The van der Waals surface area contributed by atoms with E-state index in [4.69, 9.17) is 5.26 Å². The quantitative estimate of drug-likeness (QED) is 0.945. The molecule has 0 aliphatic carbocycles. The Kier molecular flexibility index (Phi) is 3.90. The van der Waals surface area contributed by atoms with Crippen molar-refractivity contribution in [3.63, 3.8) is 0 Å². The highest BCUT2D eigenvalue weighted by Gasteiger charge is 2.09. The second-order valence-corrected chi connectivity index (χ2v) is 4.74. The number of rotatable bonds is 3. The van der Waals surface area contributed by atoms with Gasteiger partial charge < -0.3 is 5.32 Å². The Labute approximate surface area is 114 Å². The summed E-state index contributed by atoms with van der Waals surface area (Å²) in [7, 11) is 0. The zero-order valence-corrected chi connectivity index (χ0v) is 11.3. The molecule has 1 heterocycles. The lowest BCUT2D eigenvalue weighted by molar-refractivity contribution is 0.858. The van der Waals surface area contributed by atoms with Gasteiger partial charge in [0.15, 0.2) is 5.82 Å². The van der Waals surface area contributed by atoms with E-state index >= 15 is 0 Å². The topological polar surface area (TPSA) is 61.6 Å². The van der Waals surface area contributed by atoms with E-state index in [-0.39, 0.29) is 6.04 Å². The monoisotopic (exact) mass is 302 g/mol. The van der Waals surface area contributed by atoms with Crippen LogP contribution in [0.5, 0.6) is 0 Å². The molecule has 0 saturated heterocycles. The lowest BCUT2D eigenvalue weighted by atomic mass is 10.1. The van der Waals surface area contributed by atoms with E-state index < -0.39 is 0 Å². The lowest BCUT2D eigenvalue weighted by Gasteiger charge is -2.15. The van der Waals surface area contributed by atoms with Crippen molar-refractivity contribution in [1.82, 2.24) is 10.2 Å². The van der Waals surface area contributed by atoms with Crippen LogP contribution in [0.4, 0.5) is 5.82 Å². The van der Waals surface area contributed by atoms with Gasteiger partial charge in [0.2, 0.25) is 0 Å². The number of aromatic nitrogens is 2. The molecule has 1 N–H and O–H groups in total. The maximum absolute atomic E-state index is 8.98. The van der Waals surface area contributed by atoms with Crippen LogP contribution in [0.15, 0.2) is 41.0 Å². The normalized spacial score (nSPS) is 11.6. The summed E-state index contributed by atoms with van der Waals surface area (Å²) in [6, 6.07) is 11.8. The first-order chi connectivity index (χ1) is 8.70. The zero-order valence-electron chi connectivity index (χ0n) is 9.76. The van der Waals surface area contributed by atoms with Crippen molar-refractivity contribution < 1.29 is 0 Å². The van der Waals surface area contributed by atoms with E-state index in [1.165, 1.54) is 6.20 Å². The molecule has 0 radical (unpaired) electrons. The summed E-state index contributed by atoms with van der Waals surface area (Å²) in [5.41, 5.74) is 1.60. The van der Waals surface area contributed by atoms with Crippen molar-refractivity contribution in [3.05, 3.63) is 52.1 Å². The van der Waals surface area contributed by atoms with Crippen LogP contribution < -0.4 is 5.32 Å². The molecule has 1 atom stereocenters. The Morgan fingerprint density at radius 1 is 1.39 bits per heavy atom. The zero-order chi connectivity index (χ0) is 13.0. The first-order valence-electron chi connectivity index (χ1n) is 5.44. The maximum atomic E-state index is 8.98. The number of nitriles is 1. The summed E-state index contributed by atoms with van der Waals surface area (Å²) in [4.78, 5) is 0. The molecule has 0 bridgehead atoms. The molecule has 90 valence electrons. The second kappa shape index (κ2) is 5.61. The highest BCUT2D eigenvalue weighted by atomic mass is 79.9. The number of nitrogens with zero attached hydrogens (tertiary/aromatic N) is 3. The summed E-state index contributed by atoms with van der Waals surface area (Å²) in [5.74, 6) is 0.507. The third-order valence-corrected chi connectivity index (χ3v) is 3.04. The van der Waals surface area contributed by atoms with Crippen molar-refractivity contribution in [2.75, 3.05) is 5.32 Å². The molecule has 1 aromatic heterocycles. The van der Waals surface area contributed by atoms with Gasteiger partial charge in [0.05, 0.1) is 17.8 Å². The highest BCUT2D eigenvalue weighted by Crippen LogP contribution is 2.22. The molecule has 5 heteroatoms. The Morgan fingerprint density at radius 2 is 2.22 bits per heavy atom. The van der Waals surface area contributed by atoms with Gasteiger partial charge in [0.25, 0.3) is 0 Å². The molecule has 0 amide bonds. The third kappa shape index (κ3) is 2.84. The number of anilines is 1. The molecule has 4 nitrogen and oxygen atoms in total. The largest absolute Gasteiger partial charge is 0.361 e. The highest BCUT2D eigenvalue weighted by molar-refractivity contribution is 9.10. The molecule has 0 aliphatic rings. The molecule has 0 aliphatic heterocycles. The Bertz CT molecular complexity index is 592. The van der Waals surface area contributed by atoms with E-state index in [1.54, 1.807) is 6.07 Å². The van der Waals surface area contributed by atoms with Crippen molar-refractivity contribution in [2.45, 2.75) is 13.0 Å². The minimum absolute atomic E-state index is 0.0475. The average molecular weight is 303 g/mol. The van der Waals surface area contributed by atoms with Gasteiger partial charge in [-0.15, -0.1) is 5.10 Å². The molecular formula is C13H11BrN4. The van der Waals surface area contributed by atoms with E-state index in [0.29, 0.717) is 11.4 Å². The average Bonchev–Trinajstić information content (AvgIpc) is 2.39. The second-order valence-electron chi connectivity index (χ2n) is 3.83.